The molecule has 19 heavy (non-hydrogen) atoms. The van der Waals surface area contributed by atoms with Crippen LogP contribution >= 0.6 is 0 Å². The van der Waals surface area contributed by atoms with E-state index < -0.39 is 0 Å². The topological polar surface area (TPSA) is 28.2 Å². The maximum absolute atomic E-state index is 4.27. The molecule has 0 saturated heterocycles. The number of nitrogens with zero attached hydrogens (tertiary/aromatic N) is 2. The molecule has 0 amide bonds. The third-order valence-electron chi connectivity index (χ3n) is 3.18. The molecule has 100 valence electrons. The van der Waals surface area contributed by atoms with E-state index in [4.69, 9.17) is 0 Å². The minimum absolute atomic E-state index is 0.847. The molecule has 0 unspecified atom stereocenters. The van der Waals surface area contributed by atoms with Crippen LogP contribution < -0.4 is 10.2 Å². The van der Waals surface area contributed by atoms with Gasteiger partial charge in [-0.25, -0.2) is 0 Å². The van der Waals surface area contributed by atoms with Crippen molar-refractivity contribution in [2.24, 2.45) is 0 Å². The Morgan fingerprint density at radius 1 is 1.26 bits per heavy atom. The Bertz CT molecular complexity index is 537. The summed E-state index contributed by atoms with van der Waals surface area (Å²) in [5, 5.41) is 3.21. The highest BCUT2D eigenvalue weighted by Gasteiger charge is 2.11. The Morgan fingerprint density at radius 2 is 2.11 bits per heavy atom. The Morgan fingerprint density at radius 3 is 2.79 bits per heavy atom. The lowest BCUT2D eigenvalue weighted by atomic mass is 10.1. The molecule has 1 aromatic carbocycles. The van der Waals surface area contributed by atoms with Crippen LogP contribution in [0.5, 0.6) is 0 Å². The molecule has 0 radical (unpaired) electrons. The van der Waals surface area contributed by atoms with Gasteiger partial charge >= 0.3 is 0 Å². The zero-order valence-electron chi connectivity index (χ0n) is 11.9. The van der Waals surface area contributed by atoms with Gasteiger partial charge in [0.1, 0.15) is 0 Å². The molecule has 1 aromatic heterocycles. The number of hydrogen-bond donors (Lipinski definition) is 1. The van der Waals surface area contributed by atoms with Crippen LogP contribution in [0.3, 0.4) is 0 Å². The normalized spacial score (nSPS) is 10.5. The van der Waals surface area contributed by atoms with Crippen molar-refractivity contribution in [3.05, 3.63) is 53.9 Å². The Hall–Kier alpha value is -1.87. The molecule has 0 atom stereocenters. The van der Waals surface area contributed by atoms with Crippen LogP contribution in [0.15, 0.2) is 42.7 Å². The summed E-state index contributed by atoms with van der Waals surface area (Å²) < 4.78 is 0. The van der Waals surface area contributed by atoms with E-state index in [1.54, 1.807) is 0 Å². The molecule has 2 aromatic rings. The number of benzene rings is 1. The molecule has 1 heterocycles. The van der Waals surface area contributed by atoms with Crippen molar-refractivity contribution in [1.82, 2.24) is 10.3 Å². The van der Waals surface area contributed by atoms with Crippen molar-refractivity contribution < 1.29 is 0 Å². The SMILES string of the molecule is CCN(c1cccc(C)c1)c1cnccc1CNC. The van der Waals surface area contributed by atoms with Crippen LogP contribution in [-0.4, -0.2) is 18.6 Å². The summed E-state index contributed by atoms with van der Waals surface area (Å²) in [7, 11) is 1.97. The second kappa shape index (κ2) is 6.34. The van der Waals surface area contributed by atoms with Crippen molar-refractivity contribution in [2.75, 3.05) is 18.5 Å². The summed E-state index contributed by atoms with van der Waals surface area (Å²) in [5.74, 6) is 0. The summed E-state index contributed by atoms with van der Waals surface area (Å²) in [6, 6.07) is 10.6. The summed E-state index contributed by atoms with van der Waals surface area (Å²) in [5.41, 5.74) is 4.92. The van der Waals surface area contributed by atoms with Crippen LogP contribution in [0.1, 0.15) is 18.1 Å². The van der Waals surface area contributed by atoms with Gasteiger partial charge in [-0.2, -0.15) is 0 Å². The van der Waals surface area contributed by atoms with Crippen molar-refractivity contribution in [1.29, 1.82) is 0 Å². The lowest BCUT2D eigenvalue weighted by Crippen LogP contribution is -2.19. The largest absolute Gasteiger partial charge is 0.340 e. The van der Waals surface area contributed by atoms with E-state index >= 15 is 0 Å². The lowest BCUT2D eigenvalue weighted by Gasteiger charge is -2.25. The van der Waals surface area contributed by atoms with E-state index in [1.165, 1.54) is 22.5 Å². The molecular weight excluding hydrogens is 234 g/mol. The maximum Gasteiger partial charge on any atom is 0.0642 e. The van der Waals surface area contributed by atoms with E-state index in [2.05, 4.69) is 59.4 Å². The first-order chi connectivity index (χ1) is 9.26. The van der Waals surface area contributed by atoms with Gasteiger partial charge in [-0.05, 0) is 50.2 Å². The van der Waals surface area contributed by atoms with Crippen LogP contribution in [-0.2, 0) is 6.54 Å². The quantitative estimate of drug-likeness (QED) is 0.888. The molecule has 3 heteroatoms. The van der Waals surface area contributed by atoms with Crippen LogP contribution in [0.4, 0.5) is 11.4 Å². The van der Waals surface area contributed by atoms with Crippen molar-refractivity contribution >= 4 is 11.4 Å². The van der Waals surface area contributed by atoms with Crippen molar-refractivity contribution in [2.45, 2.75) is 20.4 Å². The minimum Gasteiger partial charge on any atom is -0.340 e. The summed E-state index contributed by atoms with van der Waals surface area (Å²) in [6.45, 7) is 6.06. The van der Waals surface area contributed by atoms with Crippen LogP contribution in [0.2, 0.25) is 0 Å². The summed E-state index contributed by atoms with van der Waals surface area (Å²) >= 11 is 0. The van der Waals surface area contributed by atoms with E-state index in [0.29, 0.717) is 0 Å². The van der Waals surface area contributed by atoms with Crippen molar-refractivity contribution in [3.8, 4) is 0 Å². The highest BCUT2D eigenvalue weighted by atomic mass is 15.1. The highest BCUT2D eigenvalue weighted by molar-refractivity contribution is 5.66. The van der Waals surface area contributed by atoms with Crippen LogP contribution in [0, 0.1) is 6.92 Å². The molecule has 0 bridgehead atoms. The molecule has 0 fully saturated rings. The average molecular weight is 255 g/mol. The third-order valence-corrected chi connectivity index (χ3v) is 3.18. The van der Waals surface area contributed by atoms with Gasteiger partial charge in [0, 0.05) is 25.0 Å². The van der Waals surface area contributed by atoms with Gasteiger partial charge in [0.15, 0.2) is 0 Å². The molecule has 0 saturated carbocycles. The minimum atomic E-state index is 0.847. The number of anilines is 2. The van der Waals surface area contributed by atoms with E-state index in [-0.39, 0.29) is 0 Å². The molecule has 0 aliphatic carbocycles. The van der Waals surface area contributed by atoms with E-state index in [1.807, 2.05) is 19.4 Å². The average Bonchev–Trinajstić information content (AvgIpc) is 2.42. The first-order valence-corrected chi connectivity index (χ1v) is 6.68. The molecule has 0 aliphatic heterocycles. The van der Waals surface area contributed by atoms with Gasteiger partial charge in [-0.1, -0.05) is 12.1 Å². The Kier molecular flexibility index (Phi) is 4.53. The Balaban J connectivity index is 2.42. The number of hydrogen-bond acceptors (Lipinski definition) is 3. The number of rotatable bonds is 5. The van der Waals surface area contributed by atoms with Gasteiger partial charge in [0.25, 0.3) is 0 Å². The predicted octanol–water partition coefficient (Wildman–Crippen LogP) is 3.27. The smallest absolute Gasteiger partial charge is 0.0642 e. The standard InChI is InChI=1S/C16H21N3/c1-4-19(15-7-5-6-13(2)10-15)16-12-18-9-8-14(16)11-17-3/h5-10,12,17H,4,11H2,1-3H3. The molecule has 3 nitrogen and oxygen atoms in total. The zero-order chi connectivity index (χ0) is 13.7. The van der Waals surface area contributed by atoms with E-state index in [0.717, 1.165) is 13.1 Å². The summed E-state index contributed by atoms with van der Waals surface area (Å²) in [6.07, 6.45) is 3.79. The second-order valence-electron chi connectivity index (χ2n) is 4.62. The first-order valence-electron chi connectivity index (χ1n) is 6.68. The van der Waals surface area contributed by atoms with E-state index in [9.17, 15) is 0 Å². The predicted molar refractivity (Wildman–Crippen MR) is 80.9 cm³/mol. The van der Waals surface area contributed by atoms with Gasteiger partial charge in [-0.3, -0.25) is 4.98 Å². The zero-order valence-corrected chi connectivity index (χ0v) is 11.9. The second-order valence-corrected chi connectivity index (χ2v) is 4.62. The molecule has 0 aliphatic rings. The number of nitrogens with one attached hydrogen (secondary N) is 1. The third kappa shape index (κ3) is 3.12. The molecule has 2 rings (SSSR count). The Labute approximate surface area is 115 Å². The summed E-state index contributed by atoms with van der Waals surface area (Å²) in [4.78, 5) is 6.57. The fourth-order valence-corrected chi connectivity index (χ4v) is 2.29. The van der Waals surface area contributed by atoms with Crippen molar-refractivity contribution in [3.63, 3.8) is 0 Å². The van der Waals surface area contributed by atoms with Gasteiger partial charge < -0.3 is 10.2 Å². The van der Waals surface area contributed by atoms with Gasteiger partial charge in [-0.15, -0.1) is 0 Å². The fourth-order valence-electron chi connectivity index (χ4n) is 2.29. The fraction of sp³-hybridized carbons (Fsp3) is 0.312. The van der Waals surface area contributed by atoms with Crippen LogP contribution in [0.25, 0.3) is 0 Å². The maximum atomic E-state index is 4.27. The molecule has 0 spiro atoms. The number of aryl methyl sites for hydroxylation is 1. The molecular formula is C16H21N3. The lowest BCUT2D eigenvalue weighted by molar-refractivity contribution is 0.810. The first kappa shape index (κ1) is 13.6. The number of aromatic nitrogens is 1. The number of pyridine rings is 1. The highest BCUT2D eigenvalue weighted by Crippen LogP contribution is 2.28. The molecule has 1 N–H and O–H groups in total. The monoisotopic (exact) mass is 255 g/mol. The van der Waals surface area contributed by atoms with Gasteiger partial charge in [0.05, 0.1) is 11.9 Å². The van der Waals surface area contributed by atoms with Gasteiger partial charge in [0.2, 0.25) is 0 Å².